The second-order valence-electron chi connectivity index (χ2n) is 6.20. The number of nitrogens with one attached hydrogen (secondary N) is 3. The molecule has 0 fully saturated rings. The quantitative estimate of drug-likeness (QED) is 0.297. The van der Waals surface area contributed by atoms with Crippen molar-refractivity contribution < 1.29 is 14.3 Å². The van der Waals surface area contributed by atoms with E-state index in [9.17, 15) is 9.59 Å². The number of aromatic nitrogens is 2. The maximum Gasteiger partial charge on any atom is 0.230 e. The summed E-state index contributed by atoms with van der Waals surface area (Å²) in [6.45, 7) is 2.22. The second-order valence-corrected chi connectivity index (χ2v) is 8.84. The summed E-state index contributed by atoms with van der Waals surface area (Å²) < 4.78 is 6.21. The minimum Gasteiger partial charge on any atom is -0.492 e. The summed E-state index contributed by atoms with van der Waals surface area (Å²) in [5, 5.41) is 18.1. The summed E-state index contributed by atoms with van der Waals surface area (Å²) in [6, 6.07) is 14.3. The molecular weight excluding hydrogens is 458 g/mol. The fraction of sp³-hybridized carbons (Fsp3) is 0.200. The van der Waals surface area contributed by atoms with E-state index in [0.717, 1.165) is 5.69 Å². The van der Waals surface area contributed by atoms with E-state index in [1.54, 1.807) is 36.4 Å². The molecule has 0 aliphatic carbocycles. The molecule has 31 heavy (non-hydrogen) atoms. The fourth-order valence-corrected chi connectivity index (χ4v) is 4.12. The lowest BCUT2D eigenvalue weighted by Gasteiger charge is -2.07. The lowest BCUT2D eigenvalue weighted by molar-refractivity contribution is -0.118. The van der Waals surface area contributed by atoms with Crippen molar-refractivity contribution in [2.24, 2.45) is 0 Å². The number of rotatable bonds is 10. The number of carbonyl (C=O) groups is 2. The Hall–Kier alpha value is -2.82. The number of hydrogen-bond acceptors (Lipinski definition) is 8. The highest BCUT2D eigenvalue weighted by atomic mass is 35.5. The molecule has 1 aromatic heterocycles. The Morgan fingerprint density at radius 3 is 2.68 bits per heavy atom. The van der Waals surface area contributed by atoms with Gasteiger partial charge in [0, 0.05) is 23.3 Å². The van der Waals surface area contributed by atoms with Crippen LogP contribution in [0.25, 0.3) is 0 Å². The highest BCUT2D eigenvalue weighted by molar-refractivity contribution is 8.01. The average molecular weight is 478 g/mol. The predicted molar refractivity (Wildman–Crippen MR) is 125 cm³/mol. The highest BCUT2D eigenvalue weighted by Gasteiger charge is 2.09. The minimum absolute atomic E-state index is 0.113. The highest BCUT2D eigenvalue weighted by Crippen LogP contribution is 2.28. The molecule has 8 nitrogen and oxygen atoms in total. The average Bonchev–Trinajstić information content (AvgIpc) is 3.18. The number of halogens is 1. The summed E-state index contributed by atoms with van der Waals surface area (Å²) in [5.74, 6) is 0.677. The lowest BCUT2D eigenvalue weighted by atomic mass is 10.3. The zero-order valence-electron chi connectivity index (χ0n) is 16.6. The van der Waals surface area contributed by atoms with Crippen LogP contribution in [0.4, 0.5) is 16.5 Å². The van der Waals surface area contributed by atoms with Crippen LogP contribution in [0.15, 0.2) is 52.9 Å². The second kappa shape index (κ2) is 11.5. The van der Waals surface area contributed by atoms with Crippen LogP contribution >= 0.6 is 34.7 Å². The van der Waals surface area contributed by atoms with E-state index >= 15 is 0 Å². The molecule has 0 radical (unpaired) electrons. The molecule has 2 aromatic carbocycles. The first-order chi connectivity index (χ1) is 15.0. The van der Waals surface area contributed by atoms with Crippen LogP contribution in [0.5, 0.6) is 5.75 Å². The van der Waals surface area contributed by atoms with Crippen LogP contribution in [0, 0.1) is 0 Å². The normalized spacial score (nSPS) is 10.4. The van der Waals surface area contributed by atoms with Crippen LogP contribution in [-0.2, 0) is 9.59 Å². The first-order valence-corrected chi connectivity index (χ1v) is 11.4. The van der Waals surface area contributed by atoms with Gasteiger partial charge in [-0.3, -0.25) is 9.59 Å². The topological polar surface area (TPSA) is 105 Å². The maximum absolute atomic E-state index is 12.0. The number of ether oxygens (including phenoxy) is 1. The van der Waals surface area contributed by atoms with Gasteiger partial charge in [-0.1, -0.05) is 40.8 Å². The predicted octanol–water partition coefficient (Wildman–Crippen LogP) is 4.18. The van der Waals surface area contributed by atoms with Crippen LogP contribution < -0.4 is 20.7 Å². The molecule has 0 atom stereocenters. The number of anilines is 3. The van der Waals surface area contributed by atoms with Crippen LogP contribution in [0.1, 0.15) is 6.92 Å². The molecule has 3 rings (SSSR count). The molecule has 0 aliphatic rings. The van der Waals surface area contributed by atoms with Gasteiger partial charge < -0.3 is 20.7 Å². The zero-order valence-corrected chi connectivity index (χ0v) is 18.9. The van der Waals surface area contributed by atoms with E-state index in [-0.39, 0.29) is 17.6 Å². The maximum atomic E-state index is 12.0. The molecule has 0 bridgehead atoms. The van der Waals surface area contributed by atoms with Gasteiger partial charge in [0.05, 0.1) is 12.3 Å². The zero-order chi connectivity index (χ0) is 22.1. The Balaban J connectivity index is 1.38. The molecule has 0 saturated heterocycles. The van der Waals surface area contributed by atoms with Crippen molar-refractivity contribution in [2.45, 2.75) is 11.3 Å². The summed E-state index contributed by atoms with van der Waals surface area (Å²) in [5.41, 5.74) is 1.46. The van der Waals surface area contributed by atoms with Gasteiger partial charge >= 0.3 is 0 Å². The Morgan fingerprint density at radius 1 is 1.13 bits per heavy atom. The smallest absolute Gasteiger partial charge is 0.230 e. The minimum atomic E-state index is -0.137. The van der Waals surface area contributed by atoms with Gasteiger partial charge in [0.25, 0.3) is 0 Å². The van der Waals surface area contributed by atoms with Gasteiger partial charge in [-0.25, -0.2) is 0 Å². The van der Waals surface area contributed by atoms with Gasteiger partial charge in [0.2, 0.25) is 16.9 Å². The third-order valence-electron chi connectivity index (χ3n) is 3.67. The Kier molecular flexibility index (Phi) is 8.51. The van der Waals surface area contributed by atoms with Gasteiger partial charge in [-0.15, -0.1) is 10.2 Å². The van der Waals surface area contributed by atoms with Crippen molar-refractivity contribution >= 4 is 63.0 Å². The molecule has 2 amide bonds. The molecule has 0 spiro atoms. The number of amides is 2. The lowest BCUT2D eigenvalue weighted by Crippen LogP contribution is -2.29. The van der Waals surface area contributed by atoms with Crippen LogP contribution in [0.2, 0.25) is 5.02 Å². The third kappa shape index (κ3) is 8.08. The van der Waals surface area contributed by atoms with E-state index in [1.165, 1.54) is 30.0 Å². The largest absolute Gasteiger partial charge is 0.492 e. The third-order valence-corrected chi connectivity index (χ3v) is 5.90. The Labute approximate surface area is 192 Å². The number of nitrogens with zero attached hydrogens (tertiary/aromatic N) is 2. The molecule has 0 saturated carbocycles. The van der Waals surface area contributed by atoms with Gasteiger partial charge in [-0.05, 0) is 42.5 Å². The van der Waals surface area contributed by atoms with E-state index in [1.807, 2.05) is 12.1 Å². The van der Waals surface area contributed by atoms with Crippen molar-refractivity contribution in [3.05, 3.63) is 53.6 Å². The number of hydrogen-bond donors (Lipinski definition) is 3. The molecule has 0 aliphatic heterocycles. The van der Waals surface area contributed by atoms with Crippen LogP contribution in [-0.4, -0.2) is 40.9 Å². The summed E-state index contributed by atoms with van der Waals surface area (Å²) in [4.78, 5) is 23.2. The van der Waals surface area contributed by atoms with Crippen molar-refractivity contribution in [2.75, 3.05) is 29.5 Å². The fourth-order valence-electron chi connectivity index (χ4n) is 2.39. The first kappa shape index (κ1) is 22.9. The molecule has 3 N–H and O–H groups in total. The van der Waals surface area contributed by atoms with Gasteiger partial charge in [0.1, 0.15) is 12.4 Å². The van der Waals surface area contributed by atoms with E-state index < -0.39 is 0 Å². The molecular formula is C20H20ClN5O3S2. The number of thioether (sulfide) groups is 1. The number of benzene rings is 2. The molecule has 1 heterocycles. The van der Waals surface area contributed by atoms with Crippen molar-refractivity contribution in [3.63, 3.8) is 0 Å². The van der Waals surface area contributed by atoms with Crippen LogP contribution in [0.3, 0.4) is 0 Å². The van der Waals surface area contributed by atoms with E-state index in [4.69, 9.17) is 16.3 Å². The molecule has 11 heteroatoms. The molecule has 162 valence electrons. The summed E-state index contributed by atoms with van der Waals surface area (Å²) >= 11 is 8.47. The van der Waals surface area contributed by atoms with Crippen molar-refractivity contribution in [3.8, 4) is 5.75 Å². The summed E-state index contributed by atoms with van der Waals surface area (Å²) in [6.07, 6.45) is 0. The first-order valence-electron chi connectivity index (χ1n) is 9.24. The standard InChI is InChI=1S/C20H20ClN5O3S2/c1-13(27)23-15-3-2-4-16(11-15)24-19-25-26-20(31-19)30-12-18(28)22-9-10-29-17-7-5-14(21)6-8-17/h2-8,11H,9-10,12H2,1H3,(H,22,28)(H,23,27)(H,24,25). The SMILES string of the molecule is CC(=O)Nc1cccc(Nc2nnc(SCC(=O)NCCOc3ccc(Cl)cc3)s2)c1. The van der Waals surface area contributed by atoms with E-state index in [2.05, 4.69) is 26.1 Å². The van der Waals surface area contributed by atoms with Crippen molar-refractivity contribution in [1.82, 2.24) is 15.5 Å². The Morgan fingerprint density at radius 2 is 1.90 bits per heavy atom. The Bertz CT molecular complexity index is 1030. The number of carbonyl (C=O) groups excluding carboxylic acids is 2. The monoisotopic (exact) mass is 477 g/mol. The van der Waals surface area contributed by atoms with E-state index in [0.29, 0.717) is 39.1 Å². The van der Waals surface area contributed by atoms with Gasteiger partial charge in [0.15, 0.2) is 4.34 Å². The molecule has 0 unspecified atom stereocenters. The van der Waals surface area contributed by atoms with Gasteiger partial charge in [-0.2, -0.15) is 0 Å². The van der Waals surface area contributed by atoms with Crippen molar-refractivity contribution in [1.29, 1.82) is 0 Å². The summed E-state index contributed by atoms with van der Waals surface area (Å²) in [7, 11) is 0. The molecule has 3 aromatic rings.